The third-order valence-electron chi connectivity index (χ3n) is 1.96. The second-order valence-corrected chi connectivity index (χ2v) is 4.36. The third kappa shape index (κ3) is 2.45. The summed E-state index contributed by atoms with van der Waals surface area (Å²) >= 11 is 0. The highest BCUT2D eigenvalue weighted by atomic mass is 16.1. The van der Waals surface area contributed by atoms with Gasteiger partial charge in [-0.05, 0) is 7.05 Å². The van der Waals surface area contributed by atoms with E-state index in [4.69, 9.17) is 0 Å². The highest BCUT2D eigenvalue weighted by Crippen LogP contribution is 2.15. The molecule has 80 valence electrons. The van der Waals surface area contributed by atoms with Gasteiger partial charge in [0.05, 0.1) is 6.54 Å². The lowest BCUT2D eigenvalue weighted by atomic mass is 9.96. The Kier molecular flexibility index (Phi) is 3.10. The maximum atomic E-state index is 11.4. The van der Waals surface area contributed by atoms with E-state index in [0.29, 0.717) is 6.54 Å². The van der Waals surface area contributed by atoms with Gasteiger partial charge in [0.1, 0.15) is 5.82 Å². The van der Waals surface area contributed by atoms with Crippen LogP contribution < -0.4 is 11.0 Å². The fourth-order valence-electron chi connectivity index (χ4n) is 1.06. The standard InChI is InChI=1S/C9H18N4O/c1-9(2,3)7-11-8(14)13(12-7)6-5-10-4/h10H,5-6H2,1-4H3,(H,11,12,14). The molecule has 5 nitrogen and oxygen atoms in total. The highest BCUT2D eigenvalue weighted by Gasteiger charge is 2.19. The van der Waals surface area contributed by atoms with Gasteiger partial charge in [0.2, 0.25) is 0 Å². The molecule has 0 aliphatic heterocycles. The van der Waals surface area contributed by atoms with Crippen LogP contribution in [0.15, 0.2) is 4.79 Å². The molecule has 0 aromatic carbocycles. The van der Waals surface area contributed by atoms with Crippen molar-refractivity contribution in [3.8, 4) is 0 Å². The molecule has 0 saturated carbocycles. The lowest BCUT2D eigenvalue weighted by molar-refractivity contribution is 0.516. The average molecular weight is 198 g/mol. The molecule has 0 radical (unpaired) electrons. The first-order valence-corrected chi connectivity index (χ1v) is 4.77. The summed E-state index contributed by atoms with van der Waals surface area (Å²) in [6, 6.07) is 0. The summed E-state index contributed by atoms with van der Waals surface area (Å²) in [7, 11) is 1.85. The van der Waals surface area contributed by atoms with Gasteiger partial charge in [-0.2, -0.15) is 5.10 Å². The van der Waals surface area contributed by atoms with E-state index in [1.54, 1.807) is 0 Å². The summed E-state index contributed by atoms with van der Waals surface area (Å²) < 4.78 is 1.46. The quantitative estimate of drug-likeness (QED) is 0.723. The molecule has 0 atom stereocenters. The summed E-state index contributed by atoms with van der Waals surface area (Å²) in [6.07, 6.45) is 0. The van der Waals surface area contributed by atoms with Gasteiger partial charge in [0.25, 0.3) is 0 Å². The predicted octanol–water partition coefficient (Wildman–Crippen LogP) is 0.0883. The van der Waals surface area contributed by atoms with Gasteiger partial charge < -0.3 is 5.32 Å². The van der Waals surface area contributed by atoms with E-state index in [1.807, 2.05) is 27.8 Å². The summed E-state index contributed by atoms with van der Waals surface area (Å²) in [6.45, 7) is 7.41. The second-order valence-electron chi connectivity index (χ2n) is 4.36. The van der Waals surface area contributed by atoms with Crippen molar-refractivity contribution in [3.05, 3.63) is 16.3 Å². The Morgan fingerprint density at radius 2 is 2.14 bits per heavy atom. The van der Waals surface area contributed by atoms with Crippen molar-refractivity contribution < 1.29 is 0 Å². The van der Waals surface area contributed by atoms with E-state index in [9.17, 15) is 4.79 Å². The van der Waals surface area contributed by atoms with Crippen molar-refractivity contribution in [2.24, 2.45) is 0 Å². The van der Waals surface area contributed by atoms with Crippen LogP contribution >= 0.6 is 0 Å². The molecule has 0 bridgehead atoms. The van der Waals surface area contributed by atoms with E-state index >= 15 is 0 Å². The maximum absolute atomic E-state index is 11.4. The molecule has 0 unspecified atom stereocenters. The molecule has 0 saturated heterocycles. The summed E-state index contributed by atoms with van der Waals surface area (Å²) in [4.78, 5) is 14.2. The number of hydrogen-bond acceptors (Lipinski definition) is 3. The molecule has 1 aromatic heterocycles. The van der Waals surface area contributed by atoms with Crippen molar-refractivity contribution in [1.29, 1.82) is 0 Å². The van der Waals surface area contributed by atoms with Crippen molar-refractivity contribution >= 4 is 0 Å². The third-order valence-corrected chi connectivity index (χ3v) is 1.96. The van der Waals surface area contributed by atoms with Crippen LogP contribution in [0.1, 0.15) is 26.6 Å². The van der Waals surface area contributed by atoms with Gasteiger partial charge in [-0.25, -0.2) is 9.48 Å². The summed E-state index contributed by atoms with van der Waals surface area (Å²) in [5, 5.41) is 7.20. The SMILES string of the molecule is CNCCn1nc(C(C)(C)C)[nH]c1=O. The Bertz CT molecular complexity index is 344. The average Bonchev–Trinajstić information content (AvgIpc) is 2.43. The number of aromatic nitrogens is 3. The molecule has 1 aromatic rings. The zero-order valence-electron chi connectivity index (χ0n) is 9.22. The summed E-state index contributed by atoms with van der Waals surface area (Å²) in [5.74, 6) is 0.735. The van der Waals surface area contributed by atoms with E-state index < -0.39 is 0 Å². The number of hydrogen-bond donors (Lipinski definition) is 2. The van der Waals surface area contributed by atoms with Crippen LogP contribution in [0.4, 0.5) is 0 Å². The van der Waals surface area contributed by atoms with Crippen LogP contribution in [0.3, 0.4) is 0 Å². The number of aromatic amines is 1. The Hall–Kier alpha value is -1.10. The molecular weight excluding hydrogens is 180 g/mol. The lowest BCUT2D eigenvalue weighted by Gasteiger charge is -2.12. The van der Waals surface area contributed by atoms with Gasteiger partial charge >= 0.3 is 5.69 Å². The van der Waals surface area contributed by atoms with E-state index in [2.05, 4.69) is 15.4 Å². The van der Waals surface area contributed by atoms with E-state index in [0.717, 1.165) is 12.4 Å². The minimum absolute atomic E-state index is 0.107. The van der Waals surface area contributed by atoms with E-state index in [-0.39, 0.29) is 11.1 Å². The molecule has 5 heteroatoms. The smallest absolute Gasteiger partial charge is 0.318 e. The molecule has 14 heavy (non-hydrogen) atoms. The van der Waals surface area contributed by atoms with Gasteiger partial charge in [-0.1, -0.05) is 20.8 Å². The van der Waals surface area contributed by atoms with Crippen LogP contribution in [-0.2, 0) is 12.0 Å². The molecular formula is C9H18N4O. The molecule has 0 amide bonds. The van der Waals surface area contributed by atoms with Crippen LogP contribution in [0.25, 0.3) is 0 Å². The van der Waals surface area contributed by atoms with Crippen LogP contribution in [0.5, 0.6) is 0 Å². The number of nitrogens with zero attached hydrogens (tertiary/aromatic N) is 2. The fraction of sp³-hybridized carbons (Fsp3) is 0.778. The van der Waals surface area contributed by atoms with Gasteiger partial charge in [0, 0.05) is 12.0 Å². The molecule has 1 heterocycles. The summed E-state index contributed by atoms with van der Waals surface area (Å²) in [5.41, 5.74) is -0.241. The van der Waals surface area contributed by atoms with Gasteiger partial charge in [-0.3, -0.25) is 4.98 Å². The normalized spacial score (nSPS) is 12.0. The topological polar surface area (TPSA) is 62.7 Å². The highest BCUT2D eigenvalue weighted by molar-refractivity contribution is 4.98. The Morgan fingerprint density at radius 3 is 2.57 bits per heavy atom. The molecule has 1 rings (SSSR count). The monoisotopic (exact) mass is 198 g/mol. The van der Waals surface area contributed by atoms with Crippen LogP contribution in [0, 0.1) is 0 Å². The van der Waals surface area contributed by atoms with Crippen LogP contribution in [-0.4, -0.2) is 28.4 Å². The first-order chi connectivity index (χ1) is 6.45. The van der Waals surface area contributed by atoms with E-state index in [1.165, 1.54) is 4.68 Å². The Labute approximate surface area is 83.5 Å². The minimum Gasteiger partial charge on any atom is -0.318 e. The second kappa shape index (κ2) is 3.96. The van der Waals surface area contributed by atoms with Gasteiger partial charge in [-0.15, -0.1) is 0 Å². The fourth-order valence-corrected chi connectivity index (χ4v) is 1.06. The molecule has 2 N–H and O–H groups in total. The maximum Gasteiger partial charge on any atom is 0.343 e. The number of H-pyrrole nitrogens is 1. The number of likely N-dealkylation sites (N-methyl/N-ethyl adjacent to an activating group) is 1. The zero-order chi connectivity index (χ0) is 10.8. The number of nitrogens with one attached hydrogen (secondary N) is 2. The first kappa shape index (κ1) is 11.0. The molecule has 0 spiro atoms. The minimum atomic E-state index is -0.134. The van der Waals surface area contributed by atoms with Crippen molar-refractivity contribution in [1.82, 2.24) is 20.1 Å². The molecule has 0 aliphatic carbocycles. The number of rotatable bonds is 3. The molecule has 0 fully saturated rings. The van der Waals surface area contributed by atoms with Crippen molar-refractivity contribution in [3.63, 3.8) is 0 Å². The van der Waals surface area contributed by atoms with Crippen LogP contribution in [0.2, 0.25) is 0 Å². The van der Waals surface area contributed by atoms with Gasteiger partial charge in [0.15, 0.2) is 0 Å². The zero-order valence-corrected chi connectivity index (χ0v) is 9.22. The van der Waals surface area contributed by atoms with Crippen molar-refractivity contribution in [2.45, 2.75) is 32.7 Å². The van der Waals surface area contributed by atoms with Crippen molar-refractivity contribution in [2.75, 3.05) is 13.6 Å². The molecule has 0 aliphatic rings. The first-order valence-electron chi connectivity index (χ1n) is 4.77. The largest absolute Gasteiger partial charge is 0.343 e. The Balaban J connectivity index is 2.88. The Morgan fingerprint density at radius 1 is 1.50 bits per heavy atom. The predicted molar refractivity (Wildman–Crippen MR) is 55.5 cm³/mol. The lowest BCUT2D eigenvalue weighted by Crippen LogP contribution is -2.24.